The van der Waals surface area contributed by atoms with Crippen molar-refractivity contribution in [1.82, 2.24) is 0 Å². The van der Waals surface area contributed by atoms with Crippen LogP contribution in [0.3, 0.4) is 0 Å². The summed E-state index contributed by atoms with van der Waals surface area (Å²) in [4.78, 5) is 11.9. The third kappa shape index (κ3) is 2.33. The Bertz CT molecular complexity index is 468. The van der Waals surface area contributed by atoms with Crippen LogP contribution in [0.2, 0.25) is 0 Å². The quantitative estimate of drug-likeness (QED) is 0.808. The van der Waals surface area contributed by atoms with E-state index in [0.29, 0.717) is 0 Å². The number of hydrogen-bond donors (Lipinski definition) is 0. The Labute approximate surface area is 97.9 Å². The molecule has 0 aromatic heterocycles. The zero-order valence-electron chi connectivity index (χ0n) is 9.12. The molecule has 0 saturated heterocycles. The van der Waals surface area contributed by atoms with E-state index in [-0.39, 0.29) is 17.3 Å². The third-order valence-corrected chi connectivity index (χ3v) is 3.14. The Morgan fingerprint density at radius 3 is 2.29 bits per heavy atom. The van der Waals surface area contributed by atoms with E-state index in [1.807, 2.05) is 6.07 Å². The minimum Gasteiger partial charge on any atom is -0.298 e. The second-order valence-corrected chi connectivity index (χ2v) is 4.30. The topological polar surface area (TPSA) is 40.9 Å². The molecule has 1 aliphatic carbocycles. The van der Waals surface area contributed by atoms with E-state index in [0.717, 1.165) is 37.5 Å². The summed E-state index contributed by atoms with van der Waals surface area (Å²) in [6, 6.07) is 4.67. The van der Waals surface area contributed by atoms with Crippen LogP contribution in [0, 0.1) is 28.9 Å². The second kappa shape index (κ2) is 4.62. The lowest BCUT2D eigenvalue weighted by molar-refractivity contribution is -0.125. The van der Waals surface area contributed by atoms with Gasteiger partial charge in [0.1, 0.15) is 17.6 Å². The van der Waals surface area contributed by atoms with Crippen LogP contribution in [0.15, 0.2) is 18.2 Å². The van der Waals surface area contributed by atoms with Gasteiger partial charge in [-0.25, -0.2) is 8.78 Å². The van der Waals surface area contributed by atoms with Gasteiger partial charge in [-0.3, -0.25) is 4.79 Å². The van der Waals surface area contributed by atoms with Gasteiger partial charge in [-0.05, 0) is 30.5 Å². The molecular formula is C13H11F2NO. The van der Waals surface area contributed by atoms with E-state index >= 15 is 0 Å². The fraction of sp³-hybridized carbons (Fsp3) is 0.385. The molecule has 17 heavy (non-hydrogen) atoms. The maximum absolute atomic E-state index is 13.0. The lowest BCUT2D eigenvalue weighted by Gasteiger charge is -2.25. The molecule has 1 aromatic carbocycles. The minimum atomic E-state index is -1.05. The van der Waals surface area contributed by atoms with E-state index < -0.39 is 17.6 Å². The van der Waals surface area contributed by atoms with Crippen molar-refractivity contribution in [1.29, 1.82) is 5.26 Å². The molecule has 1 aromatic rings. The van der Waals surface area contributed by atoms with Gasteiger partial charge in [-0.15, -0.1) is 0 Å². The summed E-state index contributed by atoms with van der Waals surface area (Å²) in [5.41, 5.74) is 0.113. The highest BCUT2D eigenvalue weighted by Gasteiger charge is 2.32. The summed E-state index contributed by atoms with van der Waals surface area (Å²) in [6.07, 6.45) is 2.52. The minimum absolute atomic E-state index is 0.113. The Morgan fingerprint density at radius 1 is 1.29 bits per heavy atom. The van der Waals surface area contributed by atoms with Crippen LogP contribution in [-0.4, -0.2) is 5.78 Å². The molecule has 2 nitrogen and oxygen atoms in total. The van der Waals surface area contributed by atoms with Crippen molar-refractivity contribution >= 4 is 5.78 Å². The van der Waals surface area contributed by atoms with Crippen LogP contribution < -0.4 is 0 Å². The normalized spacial score (nSPS) is 17.0. The molecule has 0 heterocycles. The SMILES string of the molecule is N#CC(C(=O)C1CCC1)c1cc(F)cc(F)c1. The number of nitrogens with zero attached hydrogens (tertiary/aromatic N) is 1. The fourth-order valence-electron chi connectivity index (χ4n) is 1.97. The third-order valence-electron chi connectivity index (χ3n) is 3.14. The molecule has 88 valence electrons. The number of benzene rings is 1. The van der Waals surface area contributed by atoms with Crippen molar-refractivity contribution in [2.75, 3.05) is 0 Å². The maximum atomic E-state index is 13.0. The van der Waals surface area contributed by atoms with Crippen molar-refractivity contribution in [2.45, 2.75) is 25.2 Å². The van der Waals surface area contributed by atoms with Gasteiger partial charge in [0.15, 0.2) is 5.78 Å². The molecule has 1 fully saturated rings. The molecule has 4 heteroatoms. The molecular weight excluding hydrogens is 224 g/mol. The lowest BCUT2D eigenvalue weighted by atomic mass is 9.76. The number of halogens is 2. The Morgan fingerprint density at radius 2 is 1.88 bits per heavy atom. The van der Waals surface area contributed by atoms with Crippen LogP contribution in [0.25, 0.3) is 0 Å². The molecule has 1 unspecified atom stereocenters. The van der Waals surface area contributed by atoms with Crippen LogP contribution in [0.4, 0.5) is 8.78 Å². The molecule has 0 radical (unpaired) electrons. The highest BCUT2D eigenvalue weighted by atomic mass is 19.1. The number of Topliss-reactive ketones (excluding diaryl/α,β-unsaturated/α-hetero) is 1. The Balaban J connectivity index is 2.28. The van der Waals surface area contributed by atoms with Gasteiger partial charge in [0.05, 0.1) is 6.07 Å². The molecule has 1 atom stereocenters. The standard InChI is InChI=1S/C13H11F2NO/c14-10-4-9(5-11(15)6-10)12(7-16)13(17)8-2-1-3-8/h4-6,8,12H,1-3H2. The maximum Gasteiger partial charge on any atom is 0.157 e. The van der Waals surface area contributed by atoms with Crippen molar-refractivity contribution < 1.29 is 13.6 Å². The largest absolute Gasteiger partial charge is 0.298 e. The number of rotatable bonds is 3. The number of carbonyl (C=O) groups is 1. The van der Waals surface area contributed by atoms with Gasteiger partial charge in [0.25, 0.3) is 0 Å². The van der Waals surface area contributed by atoms with Crippen LogP contribution in [0.1, 0.15) is 30.7 Å². The average molecular weight is 235 g/mol. The smallest absolute Gasteiger partial charge is 0.157 e. The highest BCUT2D eigenvalue weighted by Crippen LogP contribution is 2.33. The lowest BCUT2D eigenvalue weighted by Crippen LogP contribution is -2.26. The zero-order chi connectivity index (χ0) is 12.4. The summed E-state index contributed by atoms with van der Waals surface area (Å²) in [6.45, 7) is 0. The Kier molecular flexibility index (Phi) is 3.19. The van der Waals surface area contributed by atoms with E-state index in [4.69, 9.17) is 5.26 Å². The van der Waals surface area contributed by atoms with Crippen molar-refractivity contribution in [3.63, 3.8) is 0 Å². The molecule has 0 spiro atoms. The van der Waals surface area contributed by atoms with E-state index in [2.05, 4.69) is 0 Å². The number of ketones is 1. The molecule has 1 aliphatic rings. The van der Waals surface area contributed by atoms with Gasteiger partial charge < -0.3 is 0 Å². The van der Waals surface area contributed by atoms with Gasteiger partial charge in [0.2, 0.25) is 0 Å². The van der Waals surface area contributed by atoms with Crippen LogP contribution >= 0.6 is 0 Å². The van der Waals surface area contributed by atoms with Gasteiger partial charge in [-0.2, -0.15) is 5.26 Å². The summed E-state index contributed by atoms with van der Waals surface area (Å²) in [5, 5.41) is 8.98. The zero-order valence-corrected chi connectivity index (χ0v) is 9.12. The molecule has 2 rings (SSSR count). The first-order chi connectivity index (χ1) is 8.11. The average Bonchev–Trinajstić information content (AvgIpc) is 2.14. The van der Waals surface area contributed by atoms with Crippen LogP contribution in [-0.2, 0) is 4.79 Å². The molecule has 0 N–H and O–H groups in total. The van der Waals surface area contributed by atoms with Gasteiger partial charge in [-0.1, -0.05) is 6.42 Å². The fourth-order valence-corrected chi connectivity index (χ4v) is 1.97. The second-order valence-electron chi connectivity index (χ2n) is 4.30. The highest BCUT2D eigenvalue weighted by molar-refractivity contribution is 5.90. The first-order valence-electron chi connectivity index (χ1n) is 5.51. The van der Waals surface area contributed by atoms with E-state index in [1.165, 1.54) is 0 Å². The predicted molar refractivity (Wildman–Crippen MR) is 57.1 cm³/mol. The summed E-state index contributed by atoms with van der Waals surface area (Å²) < 4.78 is 26.0. The number of carbonyl (C=O) groups excluding carboxylic acids is 1. The predicted octanol–water partition coefficient (Wildman–Crippen LogP) is 2.94. The van der Waals surface area contributed by atoms with Crippen molar-refractivity contribution in [3.8, 4) is 6.07 Å². The van der Waals surface area contributed by atoms with Crippen molar-refractivity contribution in [2.24, 2.45) is 5.92 Å². The first kappa shape index (κ1) is 11.7. The van der Waals surface area contributed by atoms with E-state index in [1.54, 1.807) is 0 Å². The first-order valence-corrected chi connectivity index (χ1v) is 5.51. The van der Waals surface area contributed by atoms with Gasteiger partial charge >= 0.3 is 0 Å². The molecule has 1 saturated carbocycles. The number of hydrogen-bond acceptors (Lipinski definition) is 2. The summed E-state index contributed by atoms with van der Waals surface area (Å²) in [5.74, 6) is -2.91. The monoisotopic (exact) mass is 235 g/mol. The summed E-state index contributed by atoms with van der Waals surface area (Å²) in [7, 11) is 0. The van der Waals surface area contributed by atoms with Crippen LogP contribution in [0.5, 0.6) is 0 Å². The molecule has 0 amide bonds. The van der Waals surface area contributed by atoms with E-state index in [9.17, 15) is 13.6 Å². The number of nitriles is 1. The Hall–Kier alpha value is -1.76. The van der Waals surface area contributed by atoms with Gasteiger partial charge in [0, 0.05) is 12.0 Å². The summed E-state index contributed by atoms with van der Waals surface area (Å²) >= 11 is 0. The molecule has 0 aliphatic heterocycles. The van der Waals surface area contributed by atoms with Crippen molar-refractivity contribution in [3.05, 3.63) is 35.4 Å². The molecule has 0 bridgehead atoms.